The monoisotopic (exact) mass is 477 g/mol. The van der Waals surface area contributed by atoms with Gasteiger partial charge in [-0.1, -0.05) is 11.6 Å². The summed E-state index contributed by atoms with van der Waals surface area (Å²) in [6, 6.07) is 10.9. The number of benzene rings is 2. The number of hydrogen-bond acceptors (Lipinski definition) is 6. The fourth-order valence-corrected chi connectivity index (χ4v) is 4.34. The third-order valence-corrected chi connectivity index (χ3v) is 6.04. The zero-order valence-corrected chi connectivity index (χ0v) is 18.0. The number of furan rings is 1. The number of carbonyl (C=O) groups is 2. The van der Waals surface area contributed by atoms with Crippen molar-refractivity contribution in [1.29, 1.82) is 0 Å². The highest BCUT2D eigenvalue weighted by Gasteiger charge is 2.19. The van der Waals surface area contributed by atoms with Crippen molar-refractivity contribution in [3.63, 3.8) is 0 Å². The second kappa shape index (κ2) is 8.97. The van der Waals surface area contributed by atoms with E-state index in [1.165, 1.54) is 25.3 Å². The molecule has 0 saturated heterocycles. The lowest BCUT2D eigenvalue weighted by molar-refractivity contribution is 0.0606. The highest BCUT2D eigenvalue weighted by Crippen LogP contribution is 2.37. The molecular formula is C22H14ClF2NO5S. The Morgan fingerprint density at radius 2 is 1.94 bits per heavy atom. The van der Waals surface area contributed by atoms with Crippen LogP contribution >= 0.6 is 22.9 Å². The van der Waals surface area contributed by atoms with Gasteiger partial charge < -0.3 is 19.2 Å². The summed E-state index contributed by atoms with van der Waals surface area (Å²) in [4.78, 5) is 24.6. The van der Waals surface area contributed by atoms with Gasteiger partial charge in [-0.25, -0.2) is 13.6 Å². The van der Waals surface area contributed by atoms with Crippen molar-refractivity contribution in [3.05, 3.63) is 81.6 Å². The number of ether oxygens (including phenoxy) is 2. The second-order valence-electron chi connectivity index (χ2n) is 6.53. The molecule has 0 aliphatic heterocycles. The van der Waals surface area contributed by atoms with E-state index >= 15 is 0 Å². The summed E-state index contributed by atoms with van der Waals surface area (Å²) in [5.74, 6) is -2.44. The van der Waals surface area contributed by atoms with Gasteiger partial charge in [0.1, 0.15) is 23.1 Å². The molecule has 32 heavy (non-hydrogen) atoms. The molecule has 0 aliphatic carbocycles. The maximum absolute atomic E-state index is 13.6. The van der Waals surface area contributed by atoms with Crippen molar-refractivity contribution in [1.82, 2.24) is 0 Å². The van der Waals surface area contributed by atoms with Crippen LogP contribution < -0.4 is 10.1 Å². The molecule has 0 unspecified atom stereocenters. The number of amides is 1. The van der Waals surface area contributed by atoms with E-state index in [-0.39, 0.29) is 28.8 Å². The van der Waals surface area contributed by atoms with Crippen LogP contribution in [0.2, 0.25) is 5.02 Å². The Hall–Kier alpha value is -3.43. The molecule has 0 spiro atoms. The maximum atomic E-state index is 13.6. The summed E-state index contributed by atoms with van der Waals surface area (Å²) < 4.78 is 42.7. The van der Waals surface area contributed by atoms with Crippen molar-refractivity contribution in [3.8, 4) is 5.75 Å². The summed E-state index contributed by atoms with van der Waals surface area (Å²) >= 11 is 7.38. The lowest BCUT2D eigenvalue weighted by Crippen LogP contribution is -2.10. The van der Waals surface area contributed by atoms with Crippen LogP contribution in [0.3, 0.4) is 0 Å². The number of carbonyl (C=O) groups excluding carboxylic acids is 2. The Balaban J connectivity index is 1.44. The summed E-state index contributed by atoms with van der Waals surface area (Å²) in [5.41, 5.74) is 0.472. The zero-order chi connectivity index (χ0) is 22.8. The second-order valence-corrected chi connectivity index (χ2v) is 7.96. The van der Waals surface area contributed by atoms with Gasteiger partial charge in [0.25, 0.3) is 5.91 Å². The lowest BCUT2D eigenvalue weighted by Gasteiger charge is -2.05. The molecule has 1 amide bonds. The third kappa shape index (κ3) is 4.44. The summed E-state index contributed by atoms with van der Waals surface area (Å²) in [6.07, 6.45) is 0. The number of esters is 1. The molecule has 0 saturated carbocycles. The molecule has 6 nitrogen and oxygen atoms in total. The number of fused-ring (bicyclic) bond motifs is 1. The predicted octanol–water partition coefficient (Wildman–Crippen LogP) is 6.04. The first-order valence-corrected chi connectivity index (χ1v) is 10.3. The maximum Gasteiger partial charge on any atom is 0.349 e. The zero-order valence-electron chi connectivity index (χ0n) is 16.4. The number of rotatable bonds is 6. The van der Waals surface area contributed by atoms with Gasteiger partial charge in [0.15, 0.2) is 17.3 Å². The molecule has 0 fully saturated rings. The lowest BCUT2D eigenvalue weighted by atomic mass is 10.2. The van der Waals surface area contributed by atoms with Crippen LogP contribution in [0.5, 0.6) is 5.75 Å². The van der Waals surface area contributed by atoms with Crippen LogP contribution in [0, 0.1) is 11.6 Å². The minimum absolute atomic E-state index is 0.0164. The quantitative estimate of drug-likeness (QED) is 0.342. The highest BCUT2D eigenvalue weighted by atomic mass is 35.5. The fraction of sp³-hybridized carbons (Fsp3) is 0.0909. The molecule has 2 aromatic carbocycles. The van der Waals surface area contributed by atoms with E-state index < -0.39 is 23.5 Å². The first kappa shape index (κ1) is 21.8. The topological polar surface area (TPSA) is 77.8 Å². The number of hydrogen-bond donors (Lipinski definition) is 1. The van der Waals surface area contributed by atoms with E-state index in [9.17, 15) is 18.4 Å². The molecule has 4 aromatic rings. The molecule has 4 rings (SSSR count). The molecule has 164 valence electrons. The Morgan fingerprint density at radius 1 is 1.12 bits per heavy atom. The molecule has 0 aliphatic rings. The average Bonchev–Trinajstić information content (AvgIpc) is 3.37. The van der Waals surface area contributed by atoms with Crippen molar-refractivity contribution in [2.45, 2.75) is 6.61 Å². The van der Waals surface area contributed by atoms with Crippen LogP contribution in [0.4, 0.5) is 14.5 Å². The summed E-state index contributed by atoms with van der Waals surface area (Å²) in [7, 11) is 1.27. The molecule has 10 heteroatoms. The van der Waals surface area contributed by atoms with E-state index in [4.69, 9.17) is 25.5 Å². The van der Waals surface area contributed by atoms with Crippen LogP contribution in [0.15, 0.2) is 52.9 Å². The number of nitrogens with one attached hydrogen (secondary N) is 1. The van der Waals surface area contributed by atoms with E-state index in [2.05, 4.69) is 5.32 Å². The van der Waals surface area contributed by atoms with Gasteiger partial charge >= 0.3 is 5.97 Å². The Morgan fingerprint density at radius 3 is 2.69 bits per heavy atom. The minimum atomic E-state index is -0.839. The van der Waals surface area contributed by atoms with Gasteiger partial charge in [0.2, 0.25) is 0 Å². The first-order chi connectivity index (χ1) is 15.4. The first-order valence-electron chi connectivity index (χ1n) is 9.14. The van der Waals surface area contributed by atoms with Gasteiger partial charge in [-0.2, -0.15) is 0 Å². The SMILES string of the molecule is COC(=O)c1sc2cc(NC(=O)c3ccc(COc4ccc(F)cc4F)o3)ccc2c1Cl. The third-order valence-electron chi connectivity index (χ3n) is 4.41. The van der Waals surface area contributed by atoms with Crippen molar-refractivity contribution >= 4 is 50.6 Å². The molecule has 0 atom stereocenters. The predicted molar refractivity (Wildman–Crippen MR) is 116 cm³/mol. The van der Waals surface area contributed by atoms with Crippen molar-refractivity contribution in [2.75, 3.05) is 12.4 Å². The van der Waals surface area contributed by atoms with Gasteiger partial charge in [0, 0.05) is 21.8 Å². The average molecular weight is 478 g/mol. The van der Waals surface area contributed by atoms with Gasteiger partial charge in [0.05, 0.1) is 12.1 Å². The molecule has 1 N–H and O–H groups in total. The molecule has 0 bridgehead atoms. The molecular weight excluding hydrogens is 464 g/mol. The minimum Gasteiger partial charge on any atom is -0.483 e. The van der Waals surface area contributed by atoms with E-state index in [1.807, 2.05) is 0 Å². The number of thiophene rings is 1. The van der Waals surface area contributed by atoms with Crippen molar-refractivity contribution < 1.29 is 32.3 Å². The van der Waals surface area contributed by atoms with Crippen LogP contribution in [-0.4, -0.2) is 19.0 Å². The molecule has 2 heterocycles. The summed E-state index contributed by atoms with van der Waals surface area (Å²) in [5, 5.41) is 3.66. The van der Waals surface area contributed by atoms with Gasteiger partial charge in [-0.15, -0.1) is 11.3 Å². The smallest absolute Gasteiger partial charge is 0.349 e. The standard InChI is InChI=1S/C22H14ClF2NO5S/c1-29-22(28)20-19(23)14-5-3-12(9-18(14)32-20)26-21(27)17-7-4-13(31-17)10-30-16-6-2-11(24)8-15(16)25/h2-9H,10H2,1H3,(H,26,27). The Labute approximate surface area is 189 Å². The van der Waals surface area contributed by atoms with Crippen LogP contribution in [0.1, 0.15) is 26.0 Å². The summed E-state index contributed by atoms with van der Waals surface area (Å²) in [6.45, 7) is -0.147. The highest BCUT2D eigenvalue weighted by molar-refractivity contribution is 7.21. The number of methoxy groups -OCH3 is 1. The van der Waals surface area contributed by atoms with Crippen LogP contribution in [-0.2, 0) is 11.3 Å². The fourth-order valence-electron chi connectivity index (χ4n) is 2.88. The van der Waals surface area contributed by atoms with Gasteiger partial charge in [-0.3, -0.25) is 4.79 Å². The number of anilines is 1. The molecule has 0 radical (unpaired) electrons. The van der Waals surface area contributed by atoms with E-state index in [1.54, 1.807) is 18.2 Å². The van der Waals surface area contributed by atoms with Crippen LogP contribution in [0.25, 0.3) is 10.1 Å². The van der Waals surface area contributed by atoms with Gasteiger partial charge in [-0.05, 0) is 42.5 Å². The number of halogens is 3. The largest absolute Gasteiger partial charge is 0.483 e. The molecule has 2 aromatic heterocycles. The normalized spacial score (nSPS) is 10.9. The Kier molecular flexibility index (Phi) is 6.11. The Bertz CT molecular complexity index is 1330. The van der Waals surface area contributed by atoms with Crippen molar-refractivity contribution in [2.24, 2.45) is 0 Å². The van der Waals surface area contributed by atoms with E-state index in [0.29, 0.717) is 26.9 Å². The van der Waals surface area contributed by atoms with E-state index in [0.717, 1.165) is 17.4 Å².